The molecule has 4 nitrogen and oxygen atoms in total. The van der Waals surface area contributed by atoms with Crippen molar-refractivity contribution in [3.8, 4) is 11.5 Å². The fourth-order valence-corrected chi connectivity index (χ4v) is 3.54. The SMILES string of the molecule is COc1cc(Br)c(C2(N=C=O)CCC2)cc1OC1CCC1. The van der Waals surface area contributed by atoms with Crippen LogP contribution in [0.15, 0.2) is 21.6 Å². The van der Waals surface area contributed by atoms with Gasteiger partial charge in [0.1, 0.15) is 0 Å². The van der Waals surface area contributed by atoms with Gasteiger partial charge >= 0.3 is 0 Å². The highest BCUT2D eigenvalue weighted by Crippen LogP contribution is 2.50. The zero-order chi connectivity index (χ0) is 14.9. The van der Waals surface area contributed by atoms with Crippen molar-refractivity contribution in [2.75, 3.05) is 7.11 Å². The molecule has 5 heteroatoms. The molecule has 0 amide bonds. The summed E-state index contributed by atoms with van der Waals surface area (Å²) in [4.78, 5) is 14.8. The molecule has 0 bridgehead atoms. The molecule has 0 atom stereocenters. The zero-order valence-electron chi connectivity index (χ0n) is 12.0. The summed E-state index contributed by atoms with van der Waals surface area (Å²) in [5, 5.41) is 0. The van der Waals surface area contributed by atoms with Crippen molar-refractivity contribution in [2.24, 2.45) is 4.99 Å². The van der Waals surface area contributed by atoms with Crippen molar-refractivity contribution >= 4 is 22.0 Å². The van der Waals surface area contributed by atoms with Crippen molar-refractivity contribution in [1.29, 1.82) is 0 Å². The zero-order valence-corrected chi connectivity index (χ0v) is 13.6. The van der Waals surface area contributed by atoms with Gasteiger partial charge in [-0.15, -0.1) is 0 Å². The minimum absolute atomic E-state index is 0.278. The quantitative estimate of drug-likeness (QED) is 0.592. The number of ether oxygens (including phenoxy) is 2. The molecule has 2 fully saturated rings. The summed E-state index contributed by atoms with van der Waals surface area (Å²) in [6.07, 6.45) is 8.22. The van der Waals surface area contributed by atoms with Crippen LogP contribution in [0.4, 0.5) is 0 Å². The third-order valence-corrected chi connectivity index (χ3v) is 5.20. The van der Waals surface area contributed by atoms with Gasteiger partial charge in [-0.3, -0.25) is 0 Å². The second kappa shape index (κ2) is 5.82. The Bertz CT molecular complexity index is 587. The largest absolute Gasteiger partial charge is 0.493 e. The lowest BCUT2D eigenvalue weighted by molar-refractivity contribution is 0.115. The number of nitrogens with zero attached hydrogens (tertiary/aromatic N) is 1. The summed E-state index contributed by atoms with van der Waals surface area (Å²) >= 11 is 3.57. The lowest BCUT2D eigenvalue weighted by atomic mass is 9.72. The second-order valence-electron chi connectivity index (χ2n) is 5.74. The average Bonchev–Trinajstić information content (AvgIpc) is 2.39. The molecular formula is C16H18BrNO3. The van der Waals surface area contributed by atoms with E-state index in [2.05, 4.69) is 20.9 Å². The molecule has 2 saturated carbocycles. The standard InChI is InChI=1S/C16H18BrNO3/c1-20-14-9-13(17)12(16(18-10-19)6-3-7-16)8-15(14)21-11-4-2-5-11/h8-9,11H,2-7H2,1H3. The van der Waals surface area contributed by atoms with E-state index in [0.717, 1.165) is 47.9 Å². The van der Waals surface area contributed by atoms with E-state index in [1.54, 1.807) is 13.2 Å². The maximum absolute atomic E-state index is 10.8. The molecule has 0 unspecified atom stereocenters. The van der Waals surface area contributed by atoms with Crippen molar-refractivity contribution in [2.45, 2.75) is 50.2 Å². The van der Waals surface area contributed by atoms with Crippen LogP contribution in [0.2, 0.25) is 0 Å². The van der Waals surface area contributed by atoms with Crippen LogP contribution in [0.25, 0.3) is 0 Å². The highest BCUT2D eigenvalue weighted by molar-refractivity contribution is 9.10. The molecule has 0 radical (unpaired) electrons. The van der Waals surface area contributed by atoms with E-state index >= 15 is 0 Å². The number of hydrogen-bond donors (Lipinski definition) is 0. The van der Waals surface area contributed by atoms with Gasteiger partial charge in [0, 0.05) is 4.47 Å². The molecule has 2 aliphatic rings. The lowest BCUT2D eigenvalue weighted by Gasteiger charge is -2.38. The first-order chi connectivity index (χ1) is 10.2. The molecule has 1 aromatic rings. The summed E-state index contributed by atoms with van der Waals surface area (Å²) in [5.41, 5.74) is 0.553. The lowest BCUT2D eigenvalue weighted by Crippen LogP contribution is -2.32. The van der Waals surface area contributed by atoms with Crippen LogP contribution in [0.5, 0.6) is 11.5 Å². The Morgan fingerprint density at radius 2 is 2.05 bits per heavy atom. The number of hydrogen-bond acceptors (Lipinski definition) is 4. The van der Waals surface area contributed by atoms with Gasteiger partial charge in [-0.25, -0.2) is 4.79 Å². The van der Waals surface area contributed by atoms with Crippen LogP contribution in [0, 0.1) is 0 Å². The summed E-state index contributed by atoms with van der Waals surface area (Å²) < 4.78 is 12.3. The fourth-order valence-electron chi connectivity index (χ4n) is 2.85. The third-order valence-electron chi connectivity index (χ3n) is 4.54. The van der Waals surface area contributed by atoms with Crippen molar-refractivity contribution in [1.82, 2.24) is 0 Å². The van der Waals surface area contributed by atoms with E-state index < -0.39 is 5.54 Å². The number of rotatable bonds is 5. The summed E-state index contributed by atoms with van der Waals surface area (Å²) in [6.45, 7) is 0. The van der Waals surface area contributed by atoms with Crippen LogP contribution in [-0.2, 0) is 10.3 Å². The van der Waals surface area contributed by atoms with Crippen LogP contribution < -0.4 is 9.47 Å². The number of halogens is 1. The molecule has 0 aromatic heterocycles. The molecule has 112 valence electrons. The number of benzene rings is 1. The molecule has 2 aliphatic carbocycles. The van der Waals surface area contributed by atoms with E-state index in [9.17, 15) is 4.79 Å². The minimum Gasteiger partial charge on any atom is -0.493 e. The molecule has 0 aliphatic heterocycles. The number of carbonyl (C=O) groups excluding carboxylic acids is 1. The topological polar surface area (TPSA) is 47.9 Å². The second-order valence-corrected chi connectivity index (χ2v) is 6.60. The predicted molar refractivity (Wildman–Crippen MR) is 82.6 cm³/mol. The van der Waals surface area contributed by atoms with Crippen molar-refractivity contribution in [3.63, 3.8) is 0 Å². The van der Waals surface area contributed by atoms with Gasteiger partial charge in [0.2, 0.25) is 6.08 Å². The highest BCUT2D eigenvalue weighted by Gasteiger charge is 2.41. The maximum atomic E-state index is 10.8. The minimum atomic E-state index is -0.440. The van der Waals surface area contributed by atoms with E-state index in [-0.39, 0.29) is 6.10 Å². The van der Waals surface area contributed by atoms with Gasteiger partial charge in [0.15, 0.2) is 11.5 Å². The number of methoxy groups -OCH3 is 1. The van der Waals surface area contributed by atoms with E-state index in [1.807, 2.05) is 12.1 Å². The molecule has 0 N–H and O–H groups in total. The first-order valence-corrected chi connectivity index (χ1v) is 8.11. The molecular weight excluding hydrogens is 334 g/mol. The van der Waals surface area contributed by atoms with Gasteiger partial charge < -0.3 is 9.47 Å². The van der Waals surface area contributed by atoms with Crippen molar-refractivity contribution < 1.29 is 14.3 Å². The summed E-state index contributed by atoms with van der Waals surface area (Å²) in [5.74, 6) is 1.45. The Labute approximate surface area is 132 Å². The fraction of sp³-hybridized carbons (Fsp3) is 0.562. The molecule has 1 aromatic carbocycles. The summed E-state index contributed by atoms with van der Waals surface area (Å²) in [6, 6.07) is 3.88. The molecule has 3 rings (SSSR count). The predicted octanol–water partition coefficient (Wildman–Crippen LogP) is 4.10. The van der Waals surface area contributed by atoms with Gasteiger partial charge in [0.05, 0.1) is 18.8 Å². The van der Waals surface area contributed by atoms with Crippen LogP contribution >= 0.6 is 15.9 Å². The molecule has 0 heterocycles. The van der Waals surface area contributed by atoms with Gasteiger partial charge in [-0.2, -0.15) is 4.99 Å². The average molecular weight is 352 g/mol. The van der Waals surface area contributed by atoms with E-state index in [0.29, 0.717) is 5.75 Å². The first-order valence-electron chi connectivity index (χ1n) is 7.32. The Kier molecular flexibility index (Phi) is 4.05. The van der Waals surface area contributed by atoms with Crippen LogP contribution in [0.3, 0.4) is 0 Å². The van der Waals surface area contributed by atoms with Crippen LogP contribution in [0.1, 0.15) is 44.1 Å². The smallest absolute Gasteiger partial charge is 0.235 e. The van der Waals surface area contributed by atoms with Gasteiger partial charge in [0.25, 0.3) is 0 Å². The Balaban J connectivity index is 1.99. The monoisotopic (exact) mass is 351 g/mol. The first kappa shape index (κ1) is 14.6. The van der Waals surface area contributed by atoms with E-state index in [1.165, 1.54) is 6.42 Å². The summed E-state index contributed by atoms with van der Waals surface area (Å²) in [7, 11) is 1.64. The third kappa shape index (κ3) is 2.60. The Morgan fingerprint density at radius 1 is 1.29 bits per heavy atom. The van der Waals surface area contributed by atoms with Gasteiger partial charge in [-0.05, 0) is 56.2 Å². The molecule has 0 saturated heterocycles. The Hall–Kier alpha value is -1.32. The molecule has 0 spiro atoms. The number of isocyanates is 1. The van der Waals surface area contributed by atoms with Crippen molar-refractivity contribution in [3.05, 3.63) is 22.2 Å². The van der Waals surface area contributed by atoms with Gasteiger partial charge in [-0.1, -0.05) is 15.9 Å². The Morgan fingerprint density at radius 3 is 2.52 bits per heavy atom. The number of aliphatic imine (C=N–C) groups is 1. The molecule has 21 heavy (non-hydrogen) atoms. The highest BCUT2D eigenvalue weighted by atomic mass is 79.9. The van der Waals surface area contributed by atoms with E-state index in [4.69, 9.17) is 9.47 Å². The maximum Gasteiger partial charge on any atom is 0.235 e. The normalized spacial score (nSPS) is 19.9. The van der Waals surface area contributed by atoms with Crippen LogP contribution in [-0.4, -0.2) is 19.3 Å².